The quantitative estimate of drug-likeness (QED) is 0.406. The van der Waals surface area contributed by atoms with Gasteiger partial charge < -0.3 is 15.5 Å². The highest BCUT2D eigenvalue weighted by Crippen LogP contribution is 2.36. The van der Waals surface area contributed by atoms with Crippen LogP contribution in [0.5, 0.6) is 5.75 Å². The molecule has 3 N–H and O–H groups in total. The number of amides is 1. The van der Waals surface area contributed by atoms with Gasteiger partial charge in [-0.05, 0) is 75.0 Å². The van der Waals surface area contributed by atoms with Gasteiger partial charge in [-0.3, -0.25) is 4.79 Å². The summed E-state index contributed by atoms with van der Waals surface area (Å²) in [6, 6.07) is 8.30. The standard InChI is InChI=1S/C16H9I2NO4/c17-11-5-7(6-12(18)14(11)20)4-10-8-2-1-3-9(16(22)23)13(8)19-15(10)21/h1-6,20H,(H,19,21)(H,22,23)/b10-4+. The van der Waals surface area contributed by atoms with E-state index in [1.165, 1.54) is 6.07 Å². The van der Waals surface area contributed by atoms with Gasteiger partial charge in [-0.2, -0.15) is 0 Å². The van der Waals surface area contributed by atoms with Gasteiger partial charge in [-0.1, -0.05) is 12.1 Å². The van der Waals surface area contributed by atoms with E-state index in [4.69, 9.17) is 0 Å². The first-order valence-corrected chi connectivity index (χ1v) is 8.62. The van der Waals surface area contributed by atoms with Crippen LogP contribution in [0.1, 0.15) is 21.5 Å². The molecule has 0 spiro atoms. The molecule has 0 saturated carbocycles. The first kappa shape index (κ1) is 16.2. The number of aromatic hydroxyl groups is 1. The highest BCUT2D eigenvalue weighted by Gasteiger charge is 2.28. The van der Waals surface area contributed by atoms with Crippen LogP contribution >= 0.6 is 45.2 Å². The summed E-state index contributed by atoms with van der Waals surface area (Å²) >= 11 is 4.04. The van der Waals surface area contributed by atoms with Crippen LogP contribution in [0, 0.1) is 7.14 Å². The molecule has 2 aromatic carbocycles. The second-order valence-corrected chi connectivity index (χ2v) is 7.20. The fourth-order valence-electron chi connectivity index (χ4n) is 2.37. The van der Waals surface area contributed by atoms with Gasteiger partial charge in [0, 0.05) is 11.1 Å². The maximum absolute atomic E-state index is 12.2. The molecule has 0 unspecified atom stereocenters. The van der Waals surface area contributed by atoms with Crippen molar-refractivity contribution in [1.29, 1.82) is 0 Å². The number of nitrogens with one attached hydrogen (secondary N) is 1. The Morgan fingerprint density at radius 3 is 2.43 bits per heavy atom. The zero-order valence-corrected chi connectivity index (χ0v) is 15.7. The van der Waals surface area contributed by atoms with E-state index in [-0.39, 0.29) is 17.2 Å². The summed E-state index contributed by atoms with van der Waals surface area (Å²) in [7, 11) is 0. The Kier molecular flexibility index (Phi) is 4.32. The van der Waals surface area contributed by atoms with Crippen molar-refractivity contribution in [2.75, 3.05) is 5.32 Å². The van der Waals surface area contributed by atoms with Gasteiger partial charge in [0.2, 0.25) is 0 Å². The number of para-hydroxylation sites is 1. The smallest absolute Gasteiger partial charge is 0.337 e. The van der Waals surface area contributed by atoms with Crippen molar-refractivity contribution in [2.24, 2.45) is 0 Å². The third-order valence-electron chi connectivity index (χ3n) is 3.42. The van der Waals surface area contributed by atoms with Gasteiger partial charge in [-0.25, -0.2) is 4.79 Å². The first-order valence-electron chi connectivity index (χ1n) is 6.46. The van der Waals surface area contributed by atoms with Crippen molar-refractivity contribution in [3.63, 3.8) is 0 Å². The molecule has 0 radical (unpaired) electrons. The number of fused-ring (bicyclic) bond motifs is 1. The SMILES string of the molecule is O=C1Nc2c(C(=O)O)cccc2/C1=C\c1cc(I)c(O)c(I)c1. The van der Waals surface area contributed by atoms with E-state index in [0.29, 0.717) is 24.0 Å². The van der Waals surface area contributed by atoms with E-state index in [1.54, 1.807) is 30.3 Å². The Morgan fingerprint density at radius 2 is 1.83 bits per heavy atom. The summed E-state index contributed by atoms with van der Waals surface area (Å²) in [4.78, 5) is 23.5. The molecule has 1 aliphatic rings. The molecule has 3 rings (SSSR count). The molecular formula is C16H9I2NO4. The number of rotatable bonds is 2. The van der Waals surface area contributed by atoms with Crippen LogP contribution in [0.2, 0.25) is 0 Å². The van der Waals surface area contributed by atoms with Crippen molar-refractivity contribution in [1.82, 2.24) is 0 Å². The third-order valence-corrected chi connectivity index (χ3v) is 5.06. The van der Waals surface area contributed by atoms with Gasteiger partial charge in [0.05, 0.1) is 18.4 Å². The van der Waals surface area contributed by atoms with Gasteiger partial charge in [-0.15, -0.1) is 0 Å². The highest BCUT2D eigenvalue weighted by molar-refractivity contribution is 14.1. The Balaban J connectivity index is 2.15. The predicted molar refractivity (Wildman–Crippen MR) is 103 cm³/mol. The number of hydrogen-bond acceptors (Lipinski definition) is 3. The summed E-state index contributed by atoms with van der Waals surface area (Å²) in [6.07, 6.45) is 1.69. The average Bonchev–Trinajstić information content (AvgIpc) is 2.80. The van der Waals surface area contributed by atoms with E-state index >= 15 is 0 Å². The number of anilines is 1. The number of phenolic OH excluding ortho intramolecular Hbond substituents is 1. The zero-order valence-electron chi connectivity index (χ0n) is 11.4. The maximum Gasteiger partial charge on any atom is 0.337 e. The molecular weight excluding hydrogens is 524 g/mol. The number of halogens is 2. The molecule has 1 heterocycles. The van der Waals surface area contributed by atoms with E-state index in [1.807, 2.05) is 45.2 Å². The molecule has 5 nitrogen and oxygen atoms in total. The molecule has 0 bridgehead atoms. The largest absolute Gasteiger partial charge is 0.506 e. The topological polar surface area (TPSA) is 86.6 Å². The minimum absolute atomic E-state index is 0.0640. The molecule has 7 heteroatoms. The van der Waals surface area contributed by atoms with Crippen LogP contribution in [0.4, 0.5) is 5.69 Å². The van der Waals surface area contributed by atoms with Crippen LogP contribution in [-0.2, 0) is 4.79 Å². The molecule has 0 saturated heterocycles. The Morgan fingerprint density at radius 1 is 1.17 bits per heavy atom. The molecule has 0 atom stereocenters. The number of benzene rings is 2. The predicted octanol–water partition coefficient (Wildman–Crippen LogP) is 3.79. The van der Waals surface area contributed by atoms with Crippen molar-refractivity contribution < 1.29 is 19.8 Å². The molecule has 116 valence electrons. The minimum atomic E-state index is -1.09. The molecule has 0 aliphatic carbocycles. The van der Waals surface area contributed by atoms with Crippen molar-refractivity contribution >= 4 is 74.4 Å². The molecule has 23 heavy (non-hydrogen) atoms. The lowest BCUT2D eigenvalue weighted by Gasteiger charge is -2.04. The van der Waals surface area contributed by atoms with Gasteiger partial charge in [0.1, 0.15) is 5.75 Å². The van der Waals surface area contributed by atoms with E-state index in [2.05, 4.69) is 5.32 Å². The van der Waals surface area contributed by atoms with E-state index in [9.17, 15) is 19.8 Å². The van der Waals surface area contributed by atoms with Gasteiger partial charge in [0.25, 0.3) is 5.91 Å². The highest BCUT2D eigenvalue weighted by atomic mass is 127. The van der Waals surface area contributed by atoms with Crippen LogP contribution in [-0.4, -0.2) is 22.1 Å². The number of hydrogen-bond donors (Lipinski definition) is 3. The van der Waals surface area contributed by atoms with Crippen LogP contribution in [0.15, 0.2) is 30.3 Å². The number of aromatic carboxylic acids is 1. The van der Waals surface area contributed by atoms with Gasteiger partial charge >= 0.3 is 5.97 Å². The monoisotopic (exact) mass is 533 g/mol. The summed E-state index contributed by atoms with van der Waals surface area (Å²) in [5.41, 5.74) is 2.11. The number of carbonyl (C=O) groups excluding carboxylic acids is 1. The third kappa shape index (κ3) is 2.94. The Labute approximate surface area is 158 Å². The van der Waals surface area contributed by atoms with Crippen LogP contribution in [0.25, 0.3) is 11.6 Å². The lowest BCUT2D eigenvalue weighted by Crippen LogP contribution is -2.06. The number of carboxylic acids is 1. The average molecular weight is 533 g/mol. The summed E-state index contributed by atoms with van der Waals surface area (Å²) < 4.78 is 1.36. The second kappa shape index (κ2) is 6.11. The van der Waals surface area contributed by atoms with Crippen LogP contribution in [0.3, 0.4) is 0 Å². The normalized spacial score (nSPS) is 14.7. The maximum atomic E-state index is 12.2. The Bertz CT molecular complexity index is 867. The van der Waals surface area contributed by atoms with Crippen LogP contribution < -0.4 is 5.32 Å². The summed E-state index contributed by atoms with van der Waals surface area (Å²) in [5, 5.41) is 21.6. The second-order valence-electron chi connectivity index (χ2n) is 4.88. The molecule has 2 aromatic rings. The molecule has 0 fully saturated rings. The van der Waals surface area contributed by atoms with E-state index in [0.717, 1.165) is 5.56 Å². The van der Waals surface area contributed by atoms with E-state index < -0.39 is 5.97 Å². The number of phenols is 1. The number of carboxylic acid groups (broad SMARTS) is 1. The summed E-state index contributed by atoms with van der Waals surface area (Å²) in [5.74, 6) is -1.22. The lowest BCUT2D eigenvalue weighted by atomic mass is 10.0. The number of carbonyl (C=O) groups is 2. The lowest BCUT2D eigenvalue weighted by molar-refractivity contribution is -0.110. The minimum Gasteiger partial charge on any atom is -0.506 e. The Hall–Kier alpha value is -1.62. The fourth-order valence-corrected chi connectivity index (χ4v) is 4.19. The van der Waals surface area contributed by atoms with Crippen molar-refractivity contribution in [3.8, 4) is 5.75 Å². The van der Waals surface area contributed by atoms with Gasteiger partial charge in [0.15, 0.2) is 0 Å². The fraction of sp³-hybridized carbons (Fsp3) is 0. The molecule has 1 amide bonds. The zero-order chi connectivity index (χ0) is 16.7. The van der Waals surface area contributed by atoms with Crippen molar-refractivity contribution in [3.05, 3.63) is 54.2 Å². The molecule has 1 aliphatic heterocycles. The van der Waals surface area contributed by atoms with Crippen molar-refractivity contribution in [2.45, 2.75) is 0 Å². The first-order chi connectivity index (χ1) is 10.9. The summed E-state index contributed by atoms with van der Waals surface area (Å²) in [6.45, 7) is 0. The molecule has 0 aromatic heterocycles.